The molecule has 102 valence electrons. The lowest BCUT2D eigenvalue weighted by atomic mass is 10.2. The molecule has 0 aromatic heterocycles. The van der Waals surface area contributed by atoms with Crippen LogP contribution in [0.25, 0.3) is 0 Å². The van der Waals surface area contributed by atoms with Gasteiger partial charge in [0, 0.05) is 11.1 Å². The summed E-state index contributed by atoms with van der Waals surface area (Å²) in [4.78, 5) is 0.0916. The van der Waals surface area contributed by atoms with Crippen LogP contribution in [0.2, 0.25) is 10.0 Å². The standard InChI is InChI=1S/C12H17Cl2NO2S/c1-4-15-8(2)9(3)18(16,17)12-7-10(13)5-6-11(12)14/h5-9,15H,4H2,1-3H3. The summed E-state index contributed by atoms with van der Waals surface area (Å²) in [6, 6.07) is 4.31. The molecule has 0 amide bonds. The van der Waals surface area contributed by atoms with E-state index in [-0.39, 0.29) is 16.0 Å². The molecule has 6 heteroatoms. The molecule has 1 N–H and O–H groups in total. The van der Waals surface area contributed by atoms with Crippen LogP contribution in [0.3, 0.4) is 0 Å². The summed E-state index contributed by atoms with van der Waals surface area (Å²) in [6.07, 6.45) is 0. The Morgan fingerprint density at radius 2 is 1.89 bits per heavy atom. The second-order valence-corrected chi connectivity index (χ2v) is 7.29. The van der Waals surface area contributed by atoms with Crippen LogP contribution in [0.15, 0.2) is 23.1 Å². The van der Waals surface area contributed by atoms with Crippen molar-refractivity contribution in [3.63, 3.8) is 0 Å². The quantitative estimate of drug-likeness (QED) is 0.909. The molecule has 0 spiro atoms. The second kappa shape index (κ2) is 6.24. The highest BCUT2D eigenvalue weighted by Crippen LogP contribution is 2.28. The van der Waals surface area contributed by atoms with E-state index >= 15 is 0 Å². The van der Waals surface area contributed by atoms with Crippen LogP contribution in [0, 0.1) is 0 Å². The van der Waals surface area contributed by atoms with E-state index < -0.39 is 15.1 Å². The molecule has 18 heavy (non-hydrogen) atoms. The fraction of sp³-hybridized carbons (Fsp3) is 0.500. The lowest BCUT2D eigenvalue weighted by Crippen LogP contribution is -2.40. The van der Waals surface area contributed by atoms with Gasteiger partial charge in [-0.3, -0.25) is 0 Å². The predicted molar refractivity (Wildman–Crippen MR) is 76.2 cm³/mol. The summed E-state index contributed by atoms with van der Waals surface area (Å²) in [5.74, 6) is 0. The smallest absolute Gasteiger partial charge is 0.183 e. The highest BCUT2D eigenvalue weighted by Gasteiger charge is 2.29. The topological polar surface area (TPSA) is 46.2 Å². The summed E-state index contributed by atoms with van der Waals surface area (Å²) in [5.41, 5.74) is 0. The average Bonchev–Trinajstić information content (AvgIpc) is 2.31. The molecule has 2 atom stereocenters. The van der Waals surface area contributed by atoms with Crippen LogP contribution in [-0.4, -0.2) is 26.3 Å². The Labute approximate surface area is 118 Å². The molecule has 0 aliphatic rings. The zero-order chi connectivity index (χ0) is 13.9. The third kappa shape index (κ3) is 3.38. The van der Waals surface area contributed by atoms with Crippen molar-refractivity contribution < 1.29 is 8.42 Å². The molecular formula is C12H17Cl2NO2S. The minimum Gasteiger partial charge on any atom is -0.313 e. The molecule has 0 saturated carbocycles. The molecular weight excluding hydrogens is 293 g/mol. The van der Waals surface area contributed by atoms with E-state index in [1.165, 1.54) is 12.1 Å². The fourth-order valence-corrected chi connectivity index (χ4v) is 3.99. The Hall–Kier alpha value is -0.290. The highest BCUT2D eigenvalue weighted by molar-refractivity contribution is 7.92. The molecule has 0 saturated heterocycles. The first-order valence-corrected chi connectivity index (χ1v) is 8.03. The summed E-state index contributed by atoms with van der Waals surface area (Å²) in [5, 5.41) is 3.09. The third-order valence-electron chi connectivity index (χ3n) is 2.92. The Morgan fingerprint density at radius 3 is 2.44 bits per heavy atom. The van der Waals surface area contributed by atoms with Crippen LogP contribution in [0.5, 0.6) is 0 Å². The first-order chi connectivity index (χ1) is 8.30. The van der Waals surface area contributed by atoms with Gasteiger partial charge in [-0.2, -0.15) is 0 Å². The number of benzene rings is 1. The van der Waals surface area contributed by atoms with Gasteiger partial charge in [-0.15, -0.1) is 0 Å². The number of nitrogens with one attached hydrogen (secondary N) is 1. The van der Waals surface area contributed by atoms with Crippen LogP contribution >= 0.6 is 23.2 Å². The van der Waals surface area contributed by atoms with Crippen molar-refractivity contribution in [1.82, 2.24) is 5.32 Å². The number of hydrogen-bond donors (Lipinski definition) is 1. The van der Waals surface area contributed by atoms with E-state index in [4.69, 9.17) is 23.2 Å². The summed E-state index contributed by atoms with van der Waals surface area (Å²) in [7, 11) is -3.49. The van der Waals surface area contributed by atoms with Gasteiger partial charge in [0.1, 0.15) is 0 Å². The minimum absolute atomic E-state index is 0.0916. The summed E-state index contributed by atoms with van der Waals surface area (Å²) < 4.78 is 24.9. The Bertz CT molecular complexity index is 517. The molecule has 2 unspecified atom stereocenters. The molecule has 0 heterocycles. The molecule has 1 aromatic rings. The van der Waals surface area contributed by atoms with Gasteiger partial charge in [-0.25, -0.2) is 8.42 Å². The maximum atomic E-state index is 12.4. The molecule has 0 aliphatic carbocycles. The van der Waals surface area contributed by atoms with Crippen molar-refractivity contribution >= 4 is 33.0 Å². The number of hydrogen-bond acceptors (Lipinski definition) is 3. The van der Waals surface area contributed by atoms with Crippen LogP contribution in [0.4, 0.5) is 0 Å². The molecule has 0 fully saturated rings. The third-order valence-corrected chi connectivity index (χ3v) is 5.93. The highest BCUT2D eigenvalue weighted by atomic mass is 35.5. The van der Waals surface area contributed by atoms with Crippen molar-refractivity contribution in [3.8, 4) is 0 Å². The molecule has 1 aromatic carbocycles. The molecule has 0 aliphatic heterocycles. The summed E-state index contributed by atoms with van der Waals surface area (Å²) >= 11 is 11.8. The predicted octanol–water partition coefficient (Wildman–Crippen LogP) is 3.15. The van der Waals surface area contributed by atoms with Crippen molar-refractivity contribution in [2.75, 3.05) is 6.54 Å². The minimum atomic E-state index is -3.49. The van der Waals surface area contributed by atoms with E-state index in [9.17, 15) is 8.42 Å². The summed E-state index contributed by atoms with van der Waals surface area (Å²) in [6.45, 7) is 6.15. The van der Waals surface area contributed by atoms with Gasteiger partial charge in [0.2, 0.25) is 0 Å². The Kier molecular flexibility index (Phi) is 5.46. The van der Waals surface area contributed by atoms with Gasteiger partial charge in [-0.1, -0.05) is 30.1 Å². The number of halogens is 2. The largest absolute Gasteiger partial charge is 0.313 e. The number of sulfone groups is 1. The maximum Gasteiger partial charge on any atom is 0.183 e. The first-order valence-electron chi connectivity index (χ1n) is 5.73. The van der Waals surface area contributed by atoms with Gasteiger partial charge in [0.15, 0.2) is 9.84 Å². The number of rotatable bonds is 5. The zero-order valence-corrected chi connectivity index (χ0v) is 12.9. The van der Waals surface area contributed by atoms with Crippen molar-refractivity contribution in [3.05, 3.63) is 28.2 Å². The van der Waals surface area contributed by atoms with Gasteiger partial charge >= 0.3 is 0 Å². The molecule has 3 nitrogen and oxygen atoms in total. The van der Waals surface area contributed by atoms with E-state index in [1.54, 1.807) is 13.0 Å². The lowest BCUT2D eigenvalue weighted by Gasteiger charge is -2.21. The first kappa shape index (κ1) is 15.8. The SMILES string of the molecule is CCNC(C)C(C)S(=O)(=O)c1cc(Cl)ccc1Cl. The van der Waals surface area contributed by atoms with Gasteiger partial charge in [0.05, 0.1) is 15.2 Å². The van der Waals surface area contributed by atoms with E-state index in [0.29, 0.717) is 11.6 Å². The van der Waals surface area contributed by atoms with Gasteiger partial charge < -0.3 is 5.32 Å². The van der Waals surface area contributed by atoms with E-state index in [0.717, 1.165) is 0 Å². The van der Waals surface area contributed by atoms with Crippen LogP contribution in [-0.2, 0) is 9.84 Å². The van der Waals surface area contributed by atoms with Crippen molar-refractivity contribution in [2.24, 2.45) is 0 Å². The normalized spacial score (nSPS) is 15.4. The van der Waals surface area contributed by atoms with Gasteiger partial charge in [0.25, 0.3) is 0 Å². The average molecular weight is 310 g/mol. The van der Waals surface area contributed by atoms with Gasteiger partial charge in [-0.05, 0) is 38.6 Å². The molecule has 1 rings (SSSR count). The van der Waals surface area contributed by atoms with Crippen LogP contribution in [0.1, 0.15) is 20.8 Å². The maximum absolute atomic E-state index is 12.4. The van der Waals surface area contributed by atoms with E-state index in [1.807, 2.05) is 13.8 Å². The Balaban J connectivity index is 3.17. The molecule has 0 radical (unpaired) electrons. The van der Waals surface area contributed by atoms with Crippen LogP contribution < -0.4 is 5.32 Å². The second-order valence-electron chi connectivity index (χ2n) is 4.17. The lowest BCUT2D eigenvalue weighted by molar-refractivity contribution is 0.521. The van der Waals surface area contributed by atoms with E-state index in [2.05, 4.69) is 5.32 Å². The van der Waals surface area contributed by atoms with Crippen molar-refractivity contribution in [2.45, 2.75) is 37.0 Å². The Morgan fingerprint density at radius 1 is 1.28 bits per heavy atom. The zero-order valence-electron chi connectivity index (χ0n) is 10.6. The molecule has 0 bridgehead atoms. The monoisotopic (exact) mass is 309 g/mol. The fourth-order valence-electron chi connectivity index (χ4n) is 1.65. The van der Waals surface area contributed by atoms with Crippen molar-refractivity contribution in [1.29, 1.82) is 0 Å².